The van der Waals surface area contributed by atoms with E-state index in [1.54, 1.807) is 17.5 Å². The van der Waals surface area contributed by atoms with Crippen molar-refractivity contribution in [1.82, 2.24) is 15.3 Å². The largest absolute Gasteiger partial charge is 0.353 e. The van der Waals surface area contributed by atoms with Crippen molar-refractivity contribution in [1.29, 1.82) is 0 Å². The van der Waals surface area contributed by atoms with Crippen LogP contribution in [-0.4, -0.2) is 21.9 Å². The van der Waals surface area contributed by atoms with Crippen LogP contribution in [0.5, 0.6) is 0 Å². The van der Waals surface area contributed by atoms with E-state index in [4.69, 9.17) is 4.98 Å². The van der Waals surface area contributed by atoms with Crippen molar-refractivity contribution in [3.63, 3.8) is 0 Å². The quantitative estimate of drug-likeness (QED) is 0.701. The number of hydrogen-bond acceptors (Lipinski definition) is 4. The lowest BCUT2D eigenvalue weighted by atomic mass is 10.1. The molecule has 1 aliphatic rings. The average molecular weight is 366 g/mol. The molecule has 134 valence electrons. The van der Waals surface area contributed by atoms with Crippen LogP contribution in [0.3, 0.4) is 0 Å². The van der Waals surface area contributed by atoms with Crippen molar-refractivity contribution >= 4 is 27.5 Å². The fourth-order valence-corrected chi connectivity index (χ4v) is 4.82. The van der Waals surface area contributed by atoms with Crippen LogP contribution in [-0.2, 0) is 11.2 Å². The maximum absolute atomic E-state index is 12.2. The van der Waals surface area contributed by atoms with E-state index in [-0.39, 0.29) is 11.9 Å². The Labute approximate surface area is 157 Å². The molecule has 1 saturated carbocycles. The highest BCUT2D eigenvalue weighted by Crippen LogP contribution is 2.38. The number of aromatic nitrogens is 2. The highest BCUT2D eigenvalue weighted by molar-refractivity contribution is 7.18. The van der Waals surface area contributed by atoms with Crippen molar-refractivity contribution in [3.05, 3.63) is 59.4 Å². The number of thiazole rings is 1. The topological polar surface area (TPSA) is 54.9 Å². The van der Waals surface area contributed by atoms with Gasteiger partial charge in [-0.15, -0.1) is 11.3 Å². The molecule has 3 aromatic rings. The molecule has 1 N–H and O–H groups in total. The monoisotopic (exact) mass is 365 g/mol. The minimum absolute atomic E-state index is 0.170. The molecule has 0 radical (unpaired) electrons. The highest BCUT2D eigenvalue weighted by Gasteiger charge is 2.29. The Kier molecular flexibility index (Phi) is 5.25. The number of pyridine rings is 1. The van der Waals surface area contributed by atoms with E-state index in [1.807, 2.05) is 18.3 Å². The molecule has 2 aromatic heterocycles. The molecule has 2 atom stereocenters. The fourth-order valence-electron chi connectivity index (χ4n) is 3.70. The zero-order valence-corrected chi connectivity index (χ0v) is 15.5. The lowest BCUT2D eigenvalue weighted by Gasteiger charge is -2.12. The van der Waals surface area contributed by atoms with Crippen LogP contribution in [0.1, 0.15) is 48.6 Å². The lowest BCUT2D eigenvalue weighted by molar-refractivity contribution is -0.121. The molecule has 0 bridgehead atoms. The number of amides is 1. The molecule has 0 saturated heterocycles. The van der Waals surface area contributed by atoms with Gasteiger partial charge in [-0.25, -0.2) is 4.98 Å². The van der Waals surface area contributed by atoms with Gasteiger partial charge >= 0.3 is 0 Å². The Morgan fingerprint density at radius 3 is 2.96 bits per heavy atom. The van der Waals surface area contributed by atoms with Gasteiger partial charge in [0.25, 0.3) is 0 Å². The molecular weight excluding hydrogens is 342 g/mol. The molecule has 5 heteroatoms. The van der Waals surface area contributed by atoms with Crippen molar-refractivity contribution in [2.45, 2.75) is 50.5 Å². The van der Waals surface area contributed by atoms with Crippen molar-refractivity contribution in [3.8, 4) is 0 Å². The number of para-hydroxylation sites is 1. The Balaban J connectivity index is 1.25. The molecule has 1 aliphatic carbocycles. The summed E-state index contributed by atoms with van der Waals surface area (Å²) in [6.45, 7) is 0. The molecule has 2 unspecified atom stereocenters. The average Bonchev–Trinajstić information content (AvgIpc) is 3.29. The third-order valence-electron chi connectivity index (χ3n) is 5.05. The van der Waals surface area contributed by atoms with Crippen LogP contribution in [0.2, 0.25) is 0 Å². The van der Waals surface area contributed by atoms with E-state index < -0.39 is 0 Å². The van der Waals surface area contributed by atoms with E-state index in [0.717, 1.165) is 37.6 Å². The maximum atomic E-state index is 12.2. The third-order valence-corrected chi connectivity index (χ3v) is 6.25. The first-order valence-electron chi connectivity index (χ1n) is 9.31. The second kappa shape index (κ2) is 7.96. The summed E-state index contributed by atoms with van der Waals surface area (Å²) in [7, 11) is 0. The first kappa shape index (κ1) is 17.2. The highest BCUT2D eigenvalue weighted by atomic mass is 32.1. The number of hydrogen-bond donors (Lipinski definition) is 1. The predicted octanol–water partition coefficient (Wildman–Crippen LogP) is 4.47. The summed E-state index contributed by atoms with van der Waals surface area (Å²) in [6, 6.07) is 12.6. The van der Waals surface area contributed by atoms with Crippen LogP contribution < -0.4 is 5.32 Å². The van der Waals surface area contributed by atoms with Crippen LogP contribution in [0.15, 0.2) is 48.8 Å². The number of rotatable bonds is 6. The number of fused-ring (bicyclic) bond motifs is 1. The number of aryl methyl sites for hydroxylation is 1. The molecule has 1 fully saturated rings. The number of nitrogens with one attached hydrogen (secondary N) is 1. The number of carbonyl (C=O) groups is 1. The van der Waals surface area contributed by atoms with Gasteiger partial charge in [-0.05, 0) is 55.9 Å². The first-order valence-corrected chi connectivity index (χ1v) is 10.1. The van der Waals surface area contributed by atoms with E-state index in [9.17, 15) is 4.79 Å². The van der Waals surface area contributed by atoms with Gasteiger partial charge in [0.15, 0.2) is 0 Å². The Morgan fingerprint density at radius 1 is 1.19 bits per heavy atom. The molecule has 2 heterocycles. The van der Waals surface area contributed by atoms with E-state index >= 15 is 0 Å². The zero-order chi connectivity index (χ0) is 17.8. The van der Waals surface area contributed by atoms with Crippen LogP contribution >= 0.6 is 11.3 Å². The molecule has 0 spiro atoms. The summed E-state index contributed by atoms with van der Waals surface area (Å²) in [5.74, 6) is 0.650. The molecule has 1 amide bonds. The summed E-state index contributed by atoms with van der Waals surface area (Å²) in [6.07, 6.45) is 9.17. The SMILES string of the molecule is O=C(CCCc1cccnc1)NC1CCC(c2nc3ccccc3s2)C1. The van der Waals surface area contributed by atoms with Gasteiger partial charge in [0.1, 0.15) is 0 Å². The van der Waals surface area contributed by atoms with E-state index in [2.05, 4.69) is 34.6 Å². The van der Waals surface area contributed by atoms with Crippen molar-refractivity contribution < 1.29 is 4.79 Å². The second-order valence-electron chi connectivity index (χ2n) is 7.01. The van der Waals surface area contributed by atoms with Gasteiger partial charge in [0.2, 0.25) is 5.91 Å². The number of benzene rings is 1. The lowest BCUT2D eigenvalue weighted by Crippen LogP contribution is -2.32. The second-order valence-corrected chi connectivity index (χ2v) is 8.07. The molecule has 0 aliphatic heterocycles. The molecule has 26 heavy (non-hydrogen) atoms. The normalized spacial score (nSPS) is 19.7. The molecular formula is C21H23N3OS. The van der Waals surface area contributed by atoms with Gasteiger partial charge in [-0.3, -0.25) is 9.78 Å². The molecule has 4 nitrogen and oxygen atoms in total. The van der Waals surface area contributed by atoms with Crippen LogP contribution in [0, 0.1) is 0 Å². The zero-order valence-electron chi connectivity index (χ0n) is 14.7. The van der Waals surface area contributed by atoms with Gasteiger partial charge in [0.05, 0.1) is 15.2 Å². The standard InChI is InChI=1S/C21H23N3OS/c25-20(9-3-5-15-6-4-12-22-14-15)23-17-11-10-16(13-17)21-24-18-7-1-2-8-19(18)26-21/h1-2,4,6-8,12,14,16-17H,3,5,9-11,13H2,(H,23,25). The Hall–Kier alpha value is -2.27. The van der Waals surface area contributed by atoms with Crippen molar-refractivity contribution in [2.75, 3.05) is 0 Å². The smallest absolute Gasteiger partial charge is 0.220 e. The van der Waals surface area contributed by atoms with Crippen LogP contribution in [0.25, 0.3) is 10.2 Å². The summed E-state index contributed by atoms with van der Waals surface area (Å²) >= 11 is 1.80. The first-order chi connectivity index (χ1) is 12.8. The van der Waals surface area contributed by atoms with Gasteiger partial charge in [-0.2, -0.15) is 0 Å². The summed E-state index contributed by atoms with van der Waals surface area (Å²) in [5, 5.41) is 4.44. The summed E-state index contributed by atoms with van der Waals surface area (Å²) in [4.78, 5) is 21.1. The number of carbonyl (C=O) groups excluding carboxylic acids is 1. The molecule has 1 aromatic carbocycles. The fraction of sp³-hybridized carbons (Fsp3) is 0.381. The summed E-state index contributed by atoms with van der Waals surface area (Å²) in [5.41, 5.74) is 2.28. The van der Waals surface area contributed by atoms with E-state index in [1.165, 1.54) is 15.3 Å². The minimum atomic E-state index is 0.170. The Bertz CT molecular complexity index is 844. The van der Waals surface area contributed by atoms with Crippen molar-refractivity contribution in [2.24, 2.45) is 0 Å². The van der Waals surface area contributed by atoms with Crippen LogP contribution in [0.4, 0.5) is 0 Å². The van der Waals surface area contributed by atoms with Gasteiger partial charge in [0, 0.05) is 30.8 Å². The minimum Gasteiger partial charge on any atom is -0.353 e. The summed E-state index contributed by atoms with van der Waals surface area (Å²) < 4.78 is 1.25. The van der Waals surface area contributed by atoms with Gasteiger partial charge in [-0.1, -0.05) is 18.2 Å². The molecule has 4 rings (SSSR count). The maximum Gasteiger partial charge on any atom is 0.220 e. The Morgan fingerprint density at radius 2 is 2.12 bits per heavy atom. The number of nitrogens with zero attached hydrogens (tertiary/aromatic N) is 2. The van der Waals surface area contributed by atoms with E-state index in [0.29, 0.717) is 12.3 Å². The predicted molar refractivity (Wildman–Crippen MR) is 105 cm³/mol. The van der Waals surface area contributed by atoms with Gasteiger partial charge < -0.3 is 5.32 Å². The third kappa shape index (κ3) is 4.10.